The van der Waals surface area contributed by atoms with E-state index in [0.717, 1.165) is 19.4 Å². The fourth-order valence-corrected chi connectivity index (χ4v) is 0.655. The molecule has 0 amide bonds. The standard InChI is InChI=1S/C6H16N2O/c1-8-5-3-2-4-6(7)9/h6,8-9H,2-5,7H2,1H3. The van der Waals surface area contributed by atoms with E-state index in [9.17, 15) is 0 Å². The molecule has 4 N–H and O–H groups in total. The van der Waals surface area contributed by atoms with Crippen LogP contribution in [-0.4, -0.2) is 24.9 Å². The van der Waals surface area contributed by atoms with Crippen LogP contribution in [0.2, 0.25) is 0 Å². The summed E-state index contributed by atoms with van der Waals surface area (Å²) >= 11 is 0. The van der Waals surface area contributed by atoms with Crippen molar-refractivity contribution < 1.29 is 5.11 Å². The Labute approximate surface area is 56.2 Å². The summed E-state index contributed by atoms with van der Waals surface area (Å²) in [5, 5.41) is 11.6. The fraction of sp³-hybridized carbons (Fsp3) is 1.00. The zero-order valence-corrected chi connectivity index (χ0v) is 5.93. The second-order valence-corrected chi connectivity index (χ2v) is 2.17. The lowest BCUT2D eigenvalue weighted by Crippen LogP contribution is -2.18. The van der Waals surface area contributed by atoms with Crippen LogP contribution in [0.3, 0.4) is 0 Å². The molecule has 3 nitrogen and oxygen atoms in total. The average Bonchev–Trinajstić information content (AvgIpc) is 1.80. The van der Waals surface area contributed by atoms with Gasteiger partial charge in [-0.25, -0.2) is 0 Å². The van der Waals surface area contributed by atoms with Gasteiger partial charge in [0.2, 0.25) is 0 Å². The SMILES string of the molecule is CNCCCCC(N)O. The summed E-state index contributed by atoms with van der Waals surface area (Å²) in [4.78, 5) is 0. The van der Waals surface area contributed by atoms with Crippen LogP contribution in [0, 0.1) is 0 Å². The first-order valence-electron chi connectivity index (χ1n) is 3.35. The molecule has 3 heteroatoms. The molecule has 0 radical (unpaired) electrons. The van der Waals surface area contributed by atoms with Crippen molar-refractivity contribution in [1.82, 2.24) is 5.32 Å². The van der Waals surface area contributed by atoms with Crippen LogP contribution >= 0.6 is 0 Å². The van der Waals surface area contributed by atoms with E-state index in [1.165, 1.54) is 0 Å². The first-order chi connectivity index (χ1) is 4.27. The van der Waals surface area contributed by atoms with Crippen LogP contribution in [0.4, 0.5) is 0 Å². The molecule has 0 aromatic heterocycles. The number of hydrogen-bond acceptors (Lipinski definition) is 3. The molecule has 0 aromatic carbocycles. The van der Waals surface area contributed by atoms with Gasteiger partial charge in [-0.2, -0.15) is 0 Å². The maximum absolute atomic E-state index is 8.61. The Balaban J connectivity index is 2.75. The van der Waals surface area contributed by atoms with Gasteiger partial charge in [0.25, 0.3) is 0 Å². The first-order valence-corrected chi connectivity index (χ1v) is 3.35. The summed E-state index contributed by atoms with van der Waals surface area (Å²) in [6.45, 7) is 1.01. The maximum Gasteiger partial charge on any atom is 0.102 e. The van der Waals surface area contributed by atoms with Crippen molar-refractivity contribution >= 4 is 0 Å². The zero-order chi connectivity index (χ0) is 7.11. The Morgan fingerprint density at radius 2 is 2.22 bits per heavy atom. The van der Waals surface area contributed by atoms with Gasteiger partial charge >= 0.3 is 0 Å². The molecular formula is C6H16N2O. The van der Waals surface area contributed by atoms with Gasteiger partial charge in [0, 0.05) is 0 Å². The largest absolute Gasteiger partial charge is 0.379 e. The summed E-state index contributed by atoms with van der Waals surface area (Å²) in [6, 6.07) is 0. The number of aliphatic hydroxyl groups is 1. The molecule has 0 spiro atoms. The lowest BCUT2D eigenvalue weighted by atomic mass is 10.2. The average molecular weight is 132 g/mol. The number of unbranched alkanes of at least 4 members (excludes halogenated alkanes) is 1. The quantitative estimate of drug-likeness (QED) is 0.354. The van der Waals surface area contributed by atoms with E-state index in [2.05, 4.69) is 5.32 Å². The second kappa shape index (κ2) is 6.01. The summed E-state index contributed by atoms with van der Waals surface area (Å²) in [5.41, 5.74) is 5.11. The predicted octanol–water partition coefficient (Wildman–Crippen LogP) is -0.347. The molecule has 0 fully saturated rings. The molecule has 0 heterocycles. The third kappa shape index (κ3) is 7.88. The van der Waals surface area contributed by atoms with Crippen molar-refractivity contribution in [3.05, 3.63) is 0 Å². The van der Waals surface area contributed by atoms with Gasteiger partial charge in [0.15, 0.2) is 0 Å². The minimum absolute atomic E-state index is 0.623. The highest BCUT2D eigenvalue weighted by atomic mass is 16.3. The molecule has 0 saturated heterocycles. The smallest absolute Gasteiger partial charge is 0.102 e. The van der Waals surface area contributed by atoms with Gasteiger partial charge in [-0.3, -0.25) is 0 Å². The highest BCUT2D eigenvalue weighted by Crippen LogP contribution is 1.94. The number of hydrogen-bond donors (Lipinski definition) is 3. The van der Waals surface area contributed by atoms with E-state index < -0.39 is 6.23 Å². The third-order valence-corrected chi connectivity index (χ3v) is 1.18. The molecule has 0 saturated carbocycles. The molecule has 0 aliphatic rings. The summed E-state index contributed by atoms with van der Waals surface area (Å²) in [5.74, 6) is 0. The van der Waals surface area contributed by atoms with E-state index in [1.807, 2.05) is 7.05 Å². The molecule has 0 aliphatic carbocycles. The Hall–Kier alpha value is -0.120. The molecule has 1 atom stereocenters. The van der Waals surface area contributed by atoms with Gasteiger partial charge in [-0.15, -0.1) is 0 Å². The summed E-state index contributed by atoms with van der Waals surface area (Å²) < 4.78 is 0. The fourth-order valence-electron chi connectivity index (χ4n) is 0.655. The van der Waals surface area contributed by atoms with Crippen LogP contribution in [0.15, 0.2) is 0 Å². The molecule has 0 bridgehead atoms. The Kier molecular flexibility index (Phi) is 5.93. The van der Waals surface area contributed by atoms with E-state index in [-0.39, 0.29) is 0 Å². The normalized spacial score (nSPS) is 13.7. The Bertz CT molecular complexity index is 57.0. The van der Waals surface area contributed by atoms with Crippen molar-refractivity contribution in [1.29, 1.82) is 0 Å². The van der Waals surface area contributed by atoms with Crippen molar-refractivity contribution in [2.24, 2.45) is 5.73 Å². The molecule has 0 aliphatic heterocycles. The predicted molar refractivity (Wildman–Crippen MR) is 38.0 cm³/mol. The third-order valence-electron chi connectivity index (χ3n) is 1.18. The first kappa shape index (κ1) is 8.88. The topological polar surface area (TPSA) is 58.3 Å². The van der Waals surface area contributed by atoms with E-state index in [4.69, 9.17) is 10.8 Å². The minimum atomic E-state index is -0.623. The maximum atomic E-state index is 8.61. The molecule has 1 unspecified atom stereocenters. The van der Waals surface area contributed by atoms with Crippen LogP contribution in [0.5, 0.6) is 0 Å². The van der Waals surface area contributed by atoms with Gasteiger partial charge in [0.1, 0.15) is 6.23 Å². The van der Waals surface area contributed by atoms with Gasteiger partial charge in [-0.1, -0.05) is 0 Å². The van der Waals surface area contributed by atoms with Gasteiger partial charge < -0.3 is 16.2 Å². The Morgan fingerprint density at radius 1 is 1.56 bits per heavy atom. The minimum Gasteiger partial charge on any atom is -0.379 e. The van der Waals surface area contributed by atoms with Crippen LogP contribution < -0.4 is 11.1 Å². The van der Waals surface area contributed by atoms with Crippen molar-refractivity contribution in [2.75, 3.05) is 13.6 Å². The monoisotopic (exact) mass is 132 g/mol. The van der Waals surface area contributed by atoms with Gasteiger partial charge in [-0.05, 0) is 32.9 Å². The Morgan fingerprint density at radius 3 is 2.67 bits per heavy atom. The lowest BCUT2D eigenvalue weighted by molar-refractivity contribution is 0.168. The van der Waals surface area contributed by atoms with E-state index in [0.29, 0.717) is 6.42 Å². The highest BCUT2D eigenvalue weighted by Gasteiger charge is 1.93. The molecule has 9 heavy (non-hydrogen) atoms. The van der Waals surface area contributed by atoms with Gasteiger partial charge in [0.05, 0.1) is 0 Å². The van der Waals surface area contributed by atoms with Crippen molar-refractivity contribution in [3.63, 3.8) is 0 Å². The van der Waals surface area contributed by atoms with Crippen LogP contribution in [0.1, 0.15) is 19.3 Å². The number of aliphatic hydroxyl groups excluding tert-OH is 1. The molecular weight excluding hydrogens is 116 g/mol. The highest BCUT2D eigenvalue weighted by molar-refractivity contribution is 4.47. The van der Waals surface area contributed by atoms with Crippen LogP contribution in [0.25, 0.3) is 0 Å². The number of nitrogens with two attached hydrogens (primary N) is 1. The van der Waals surface area contributed by atoms with E-state index in [1.54, 1.807) is 0 Å². The lowest BCUT2D eigenvalue weighted by Gasteiger charge is -2.02. The van der Waals surface area contributed by atoms with E-state index >= 15 is 0 Å². The molecule has 56 valence electrons. The van der Waals surface area contributed by atoms with Crippen LogP contribution in [-0.2, 0) is 0 Å². The zero-order valence-electron chi connectivity index (χ0n) is 5.93. The molecule has 0 aromatic rings. The number of rotatable bonds is 5. The summed E-state index contributed by atoms with van der Waals surface area (Å²) in [7, 11) is 1.92. The molecule has 0 rings (SSSR count). The summed E-state index contributed by atoms with van der Waals surface area (Å²) in [6.07, 6.45) is 2.17. The van der Waals surface area contributed by atoms with Crippen molar-refractivity contribution in [2.45, 2.75) is 25.5 Å². The number of nitrogens with one attached hydrogen (secondary N) is 1. The second-order valence-electron chi connectivity index (χ2n) is 2.17. The van der Waals surface area contributed by atoms with Crippen molar-refractivity contribution in [3.8, 4) is 0 Å².